The van der Waals surface area contributed by atoms with Gasteiger partial charge in [0.15, 0.2) is 5.65 Å². The third-order valence-electron chi connectivity index (χ3n) is 5.62. The first kappa shape index (κ1) is 20.8. The summed E-state index contributed by atoms with van der Waals surface area (Å²) in [5.74, 6) is 0.0589. The fourth-order valence-corrected chi connectivity index (χ4v) is 3.96. The molecule has 0 aliphatic carbocycles. The van der Waals surface area contributed by atoms with Crippen molar-refractivity contribution in [2.45, 2.75) is 26.7 Å². The Labute approximate surface area is 181 Å². The summed E-state index contributed by atoms with van der Waals surface area (Å²) in [6, 6.07) is 10.8. The highest BCUT2D eigenvalue weighted by atomic mass is 16.5. The molecule has 2 aromatic heterocycles. The lowest BCUT2D eigenvalue weighted by atomic mass is 9.99. The standard InChI is InChI=1S/C24H26N4O3/c1-15-5-4-12-28(14-15)23(29)20-13-25-22-19(11-6-16(2)26-22)21(20)27-18-9-7-17(8-10-18)24(30)31-3/h6-11,13,15H,4-5,12,14H2,1-3H3,(H,25,26,27)/t15-/m1/s1. The number of rotatable bonds is 4. The minimum Gasteiger partial charge on any atom is -0.465 e. The Morgan fingerprint density at radius 3 is 2.65 bits per heavy atom. The number of nitrogens with zero attached hydrogens (tertiary/aromatic N) is 3. The molecule has 1 aliphatic heterocycles. The van der Waals surface area contributed by atoms with E-state index in [1.807, 2.05) is 24.0 Å². The van der Waals surface area contributed by atoms with Crippen LogP contribution < -0.4 is 5.32 Å². The van der Waals surface area contributed by atoms with Gasteiger partial charge in [0.1, 0.15) is 0 Å². The maximum absolute atomic E-state index is 13.4. The lowest BCUT2D eigenvalue weighted by Crippen LogP contribution is -2.39. The average Bonchev–Trinajstić information content (AvgIpc) is 2.78. The smallest absolute Gasteiger partial charge is 0.337 e. The number of fused-ring (bicyclic) bond motifs is 1. The average molecular weight is 418 g/mol. The van der Waals surface area contributed by atoms with E-state index in [-0.39, 0.29) is 5.91 Å². The van der Waals surface area contributed by atoms with Crippen molar-refractivity contribution >= 4 is 34.3 Å². The van der Waals surface area contributed by atoms with Crippen LogP contribution in [0.4, 0.5) is 11.4 Å². The summed E-state index contributed by atoms with van der Waals surface area (Å²) in [5, 5.41) is 4.15. The van der Waals surface area contributed by atoms with Gasteiger partial charge in [-0.25, -0.2) is 14.8 Å². The molecular formula is C24H26N4O3. The lowest BCUT2D eigenvalue weighted by Gasteiger charge is -2.31. The molecule has 4 rings (SSSR count). The van der Waals surface area contributed by atoms with E-state index in [2.05, 4.69) is 22.2 Å². The molecule has 1 N–H and O–H groups in total. The molecule has 160 valence electrons. The summed E-state index contributed by atoms with van der Waals surface area (Å²) < 4.78 is 4.76. The molecule has 1 fully saturated rings. The Balaban J connectivity index is 1.74. The van der Waals surface area contributed by atoms with Crippen LogP contribution in [0.25, 0.3) is 11.0 Å². The molecule has 0 bridgehead atoms. The monoisotopic (exact) mass is 418 g/mol. The van der Waals surface area contributed by atoms with Crippen LogP contribution in [0.2, 0.25) is 0 Å². The molecule has 1 saturated heterocycles. The number of hydrogen-bond donors (Lipinski definition) is 1. The molecule has 0 spiro atoms. The molecule has 7 heteroatoms. The first-order valence-corrected chi connectivity index (χ1v) is 10.5. The van der Waals surface area contributed by atoms with Gasteiger partial charge in [-0.05, 0) is 62.1 Å². The number of nitrogens with one attached hydrogen (secondary N) is 1. The zero-order valence-electron chi connectivity index (χ0n) is 18.0. The van der Waals surface area contributed by atoms with E-state index in [9.17, 15) is 9.59 Å². The Kier molecular flexibility index (Phi) is 5.84. The first-order valence-electron chi connectivity index (χ1n) is 10.5. The minimum absolute atomic E-state index is 0.0322. The second-order valence-corrected chi connectivity index (χ2v) is 8.06. The molecule has 0 radical (unpaired) electrons. The van der Waals surface area contributed by atoms with Gasteiger partial charge >= 0.3 is 5.97 Å². The summed E-state index contributed by atoms with van der Waals surface area (Å²) in [7, 11) is 1.35. The van der Waals surface area contributed by atoms with Crippen LogP contribution >= 0.6 is 0 Å². The van der Waals surface area contributed by atoms with Gasteiger partial charge in [-0.15, -0.1) is 0 Å². The second kappa shape index (κ2) is 8.71. The number of hydrogen-bond acceptors (Lipinski definition) is 6. The van der Waals surface area contributed by atoms with E-state index < -0.39 is 5.97 Å². The van der Waals surface area contributed by atoms with Gasteiger partial charge in [0.25, 0.3) is 5.91 Å². The molecular weight excluding hydrogens is 392 g/mol. The zero-order valence-corrected chi connectivity index (χ0v) is 18.0. The third kappa shape index (κ3) is 4.35. The maximum Gasteiger partial charge on any atom is 0.337 e. The van der Waals surface area contributed by atoms with E-state index in [1.54, 1.807) is 30.5 Å². The maximum atomic E-state index is 13.4. The molecule has 7 nitrogen and oxygen atoms in total. The SMILES string of the molecule is COC(=O)c1ccc(Nc2c(C(=O)N3CCC[C@@H](C)C3)cnc3nc(C)ccc23)cc1. The normalized spacial score (nSPS) is 16.2. The number of piperidine rings is 1. The van der Waals surface area contributed by atoms with Gasteiger partial charge in [0.05, 0.1) is 23.9 Å². The molecule has 0 unspecified atom stereocenters. The number of benzene rings is 1. The second-order valence-electron chi connectivity index (χ2n) is 8.06. The summed E-state index contributed by atoms with van der Waals surface area (Å²) in [6.45, 7) is 5.58. The summed E-state index contributed by atoms with van der Waals surface area (Å²) in [5.41, 5.74) is 3.84. The number of aryl methyl sites for hydroxylation is 1. The van der Waals surface area contributed by atoms with E-state index in [1.165, 1.54) is 7.11 Å². The van der Waals surface area contributed by atoms with Crippen LogP contribution in [0.1, 0.15) is 46.2 Å². The number of esters is 1. The molecule has 1 atom stereocenters. The van der Waals surface area contributed by atoms with Gasteiger partial charge in [-0.3, -0.25) is 4.79 Å². The van der Waals surface area contributed by atoms with Crippen LogP contribution in [-0.4, -0.2) is 46.9 Å². The van der Waals surface area contributed by atoms with Gasteiger partial charge in [0.2, 0.25) is 0 Å². The number of carbonyl (C=O) groups is 2. The van der Waals surface area contributed by atoms with Gasteiger partial charge in [-0.1, -0.05) is 6.92 Å². The fraction of sp³-hybridized carbons (Fsp3) is 0.333. The molecule has 3 aromatic rings. The Morgan fingerprint density at radius 2 is 1.94 bits per heavy atom. The summed E-state index contributed by atoms with van der Waals surface area (Å²) in [4.78, 5) is 36.0. The van der Waals surface area contributed by atoms with Crippen LogP contribution in [0, 0.1) is 12.8 Å². The Bertz CT molecular complexity index is 1130. The molecule has 31 heavy (non-hydrogen) atoms. The predicted octanol–water partition coefficient (Wildman–Crippen LogP) is 4.34. The van der Waals surface area contributed by atoms with Gasteiger partial charge in [-0.2, -0.15) is 0 Å². The van der Waals surface area contributed by atoms with Crippen molar-refractivity contribution in [1.29, 1.82) is 0 Å². The fourth-order valence-electron chi connectivity index (χ4n) is 3.96. The van der Waals surface area contributed by atoms with E-state index in [0.717, 1.165) is 42.7 Å². The predicted molar refractivity (Wildman–Crippen MR) is 120 cm³/mol. The van der Waals surface area contributed by atoms with Crippen molar-refractivity contribution in [3.63, 3.8) is 0 Å². The summed E-state index contributed by atoms with van der Waals surface area (Å²) in [6.07, 6.45) is 3.76. The molecule has 1 aliphatic rings. The number of anilines is 2. The number of methoxy groups -OCH3 is 1. The molecule has 0 saturated carbocycles. The quantitative estimate of drug-likeness (QED) is 0.635. The van der Waals surface area contributed by atoms with Crippen LogP contribution in [-0.2, 0) is 4.74 Å². The Hall–Kier alpha value is -3.48. The first-order chi connectivity index (χ1) is 15.0. The third-order valence-corrected chi connectivity index (χ3v) is 5.62. The van der Waals surface area contributed by atoms with E-state index >= 15 is 0 Å². The number of aromatic nitrogens is 2. The lowest BCUT2D eigenvalue weighted by molar-refractivity contribution is 0.0600. The highest BCUT2D eigenvalue weighted by Crippen LogP contribution is 2.31. The highest BCUT2D eigenvalue weighted by Gasteiger charge is 2.25. The number of likely N-dealkylation sites (tertiary alicyclic amines) is 1. The van der Waals surface area contributed by atoms with Crippen LogP contribution in [0.5, 0.6) is 0 Å². The minimum atomic E-state index is -0.393. The molecule has 1 aromatic carbocycles. The van der Waals surface area contributed by atoms with Crippen molar-refractivity contribution < 1.29 is 14.3 Å². The van der Waals surface area contributed by atoms with Crippen LogP contribution in [0.3, 0.4) is 0 Å². The highest BCUT2D eigenvalue weighted by molar-refractivity contribution is 6.07. The Morgan fingerprint density at radius 1 is 1.16 bits per heavy atom. The van der Waals surface area contributed by atoms with Crippen molar-refractivity contribution in [2.24, 2.45) is 5.92 Å². The van der Waals surface area contributed by atoms with Gasteiger partial charge < -0.3 is 15.0 Å². The van der Waals surface area contributed by atoms with Crippen molar-refractivity contribution in [2.75, 3.05) is 25.5 Å². The number of carbonyl (C=O) groups excluding carboxylic acids is 2. The van der Waals surface area contributed by atoms with Crippen molar-refractivity contribution in [1.82, 2.24) is 14.9 Å². The van der Waals surface area contributed by atoms with E-state index in [4.69, 9.17) is 4.74 Å². The van der Waals surface area contributed by atoms with Crippen LogP contribution in [0.15, 0.2) is 42.6 Å². The van der Waals surface area contributed by atoms with Crippen molar-refractivity contribution in [3.05, 3.63) is 59.4 Å². The largest absolute Gasteiger partial charge is 0.465 e. The molecule has 3 heterocycles. The van der Waals surface area contributed by atoms with E-state index in [0.29, 0.717) is 28.4 Å². The zero-order chi connectivity index (χ0) is 22.0. The summed E-state index contributed by atoms with van der Waals surface area (Å²) >= 11 is 0. The molecule has 1 amide bonds. The number of amides is 1. The van der Waals surface area contributed by atoms with Crippen molar-refractivity contribution in [3.8, 4) is 0 Å². The number of ether oxygens (including phenoxy) is 1. The van der Waals surface area contributed by atoms with Gasteiger partial charge in [0, 0.05) is 36.1 Å². The topological polar surface area (TPSA) is 84.4 Å². The number of pyridine rings is 2.